The quantitative estimate of drug-likeness (QED) is 0.770. The van der Waals surface area contributed by atoms with Crippen LogP contribution < -0.4 is 0 Å². The van der Waals surface area contributed by atoms with E-state index >= 15 is 0 Å². The second-order valence-electron chi connectivity index (χ2n) is 7.94. The first-order chi connectivity index (χ1) is 12.8. The summed E-state index contributed by atoms with van der Waals surface area (Å²) < 4.78 is 33.2. The molecule has 2 atom stereocenters. The molecule has 1 saturated carbocycles. The van der Waals surface area contributed by atoms with Crippen molar-refractivity contribution in [2.75, 3.05) is 26.7 Å². The second-order valence-corrected chi connectivity index (χ2v) is 9.88. The molecule has 2 unspecified atom stereocenters. The molecule has 27 heavy (non-hydrogen) atoms. The molecule has 1 heterocycles. The summed E-state index contributed by atoms with van der Waals surface area (Å²) in [7, 11) is -1.85. The first-order valence-electron chi connectivity index (χ1n) is 9.78. The average molecular weight is 395 g/mol. The summed E-state index contributed by atoms with van der Waals surface area (Å²) in [5, 5.41) is 0. The molecule has 1 aromatic rings. The largest absolute Gasteiger partial charge is 0.373 e. The van der Waals surface area contributed by atoms with Crippen molar-refractivity contribution in [2.45, 2.75) is 56.6 Å². The third kappa shape index (κ3) is 4.70. The summed E-state index contributed by atoms with van der Waals surface area (Å²) in [6, 6.07) is 6.41. The zero-order valence-corrected chi connectivity index (χ0v) is 17.2. The van der Waals surface area contributed by atoms with Crippen molar-refractivity contribution >= 4 is 15.9 Å². The standard InChI is InChI=1S/C20H30N2O4S/c1-15-12-22(13-16(2)26-15)27(24,25)19-10-6-9-18(11-19)20(23)21(3)14-17-7-4-5-8-17/h6,9-11,15-17H,4-5,7-8,12-14H2,1-3H3. The van der Waals surface area contributed by atoms with Crippen molar-refractivity contribution in [1.82, 2.24) is 9.21 Å². The van der Waals surface area contributed by atoms with Crippen LogP contribution in [-0.2, 0) is 14.8 Å². The molecule has 7 heteroatoms. The number of carbonyl (C=O) groups is 1. The second kappa shape index (κ2) is 8.29. The van der Waals surface area contributed by atoms with E-state index in [9.17, 15) is 13.2 Å². The fourth-order valence-corrected chi connectivity index (χ4v) is 5.79. The van der Waals surface area contributed by atoms with Gasteiger partial charge in [0.2, 0.25) is 10.0 Å². The Labute approximate surface area is 162 Å². The highest BCUT2D eigenvalue weighted by Crippen LogP contribution is 2.26. The smallest absolute Gasteiger partial charge is 0.253 e. The Morgan fingerprint density at radius 3 is 2.44 bits per heavy atom. The Bertz CT molecular complexity index is 764. The van der Waals surface area contributed by atoms with Crippen LogP contribution in [0, 0.1) is 5.92 Å². The molecule has 0 bridgehead atoms. The summed E-state index contributed by atoms with van der Waals surface area (Å²) in [5.74, 6) is 0.435. The minimum atomic E-state index is -3.65. The molecular weight excluding hydrogens is 364 g/mol. The number of nitrogens with zero attached hydrogens (tertiary/aromatic N) is 2. The third-order valence-electron chi connectivity index (χ3n) is 5.46. The van der Waals surface area contributed by atoms with Gasteiger partial charge in [0, 0.05) is 32.2 Å². The highest BCUT2D eigenvalue weighted by Gasteiger charge is 2.32. The first kappa shape index (κ1) is 20.3. The van der Waals surface area contributed by atoms with Crippen LogP contribution in [0.15, 0.2) is 29.2 Å². The highest BCUT2D eigenvalue weighted by molar-refractivity contribution is 7.89. The molecule has 1 aromatic carbocycles. The molecule has 1 amide bonds. The zero-order chi connectivity index (χ0) is 19.6. The van der Waals surface area contributed by atoms with Gasteiger partial charge in [-0.25, -0.2) is 8.42 Å². The van der Waals surface area contributed by atoms with Crippen molar-refractivity contribution in [3.8, 4) is 0 Å². The summed E-state index contributed by atoms with van der Waals surface area (Å²) in [6.07, 6.45) is 4.50. The monoisotopic (exact) mass is 394 g/mol. The van der Waals surface area contributed by atoms with E-state index in [1.807, 2.05) is 13.8 Å². The van der Waals surface area contributed by atoms with Gasteiger partial charge in [-0.2, -0.15) is 4.31 Å². The normalized spacial score (nSPS) is 24.9. The van der Waals surface area contributed by atoms with Crippen LogP contribution in [0.3, 0.4) is 0 Å². The minimum Gasteiger partial charge on any atom is -0.373 e. The van der Waals surface area contributed by atoms with Gasteiger partial charge in [0.15, 0.2) is 0 Å². The predicted molar refractivity (Wildman–Crippen MR) is 104 cm³/mol. The van der Waals surface area contributed by atoms with Gasteiger partial charge in [-0.1, -0.05) is 18.9 Å². The Balaban J connectivity index is 1.76. The van der Waals surface area contributed by atoms with Gasteiger partial charge in [0.1, 0.15) is 0 Å². The summed E-state index contributed by atoms with van der Waals surface area (Å²) in [5.41, 5.74) is 0.422. The number of sulfonamides is 1. The number of morpholine rings is 1. The van der Waals surface area contributed by atoms with Gasteiger partial charge in [-0.3, -0.25) is 4.79 Å². The number of ether oxygens (including phenoxy) is 1. The molecule has 1 aliphatic carbocycles. The average Bonchev–Trinajstić information content (AvgIpc) is 3.13. The molecule has 150 valence electrons. The van der Waals surface area contributed by atoms with E-state index in [0.29, 0.717) is 24.6 Å². The molecule has 0 radical (unpaired) electrons. The van der Waals surface area contributed by atoms with Gasteiger partial charge in [0.05, 0.1) is 17.1 Å². The summed E-state index contributed by atoms with van der Waals surface area (Å²) in [6.45, 7) is 5.12. The van der Waals surface area contributed by atoms with Crippen LogP contribution >= 0.6 is 0 Å². The van der Waals surface area contributed by atoms with Gasteiger partial charge >= 0.3 is 0 Å². The first-order valence-corrected chi connectivity index (χ1v) is 11.2. The Kier molecular flexibility index (Phi) is 6.23. The predicted octanol–water partition coefficient (Wildman–Crippen LogP) is 2.75. The van der Waals surface area contributed by atoms with Crippen LogP contribution in [0.1, 0.15) is 49.9 Å². The molecule has 2 fully saturated rings. The van der Waals surface area contributed by atoms with Crippen LogP contribution in [0.25, 0.3) is 0 Å². The van der Waals surface area contributed by atoms with Crippen LogP contribution in [0.5, 0.6) is 0 Å². The van der Waals surface area contributed by atoms with Gasteiger partial charge in [-0.05, 0) is 50.8 Å². The van der Waals surface area contributed by atoms with Crippen molar-refractivity contribution in [1.29, 1.82) is 0 Å². The van der Waals surface area contributed by atoms with Gasteiger partial charge < -0.3 is 9.64 Å². The minimum absolute atomic E-state index is 0.123. The highest BCUT2D eigenvalue weighted by atomic mass is 32.2. The molecule has 6 nitrogen and oxygen atoms in total. The SMILES string of the molecule is CC1CN(S(=O)(=O)c2cccc(C(=O)N(C)CC3CCCC3)c2)CC(C)O1. The van der Waals surface area contributed by atoms with Crippen molar-refractivity contribution < 1.29 is 17.9 Å². The van der Waals surface area contributed by atoms with Crippen molar-refractivity contribution in [3.63, 3.8) is 0 Å². The number of hydrogen-bond donors (Lipinski definition) is 0. The van der Waals surface area contributed by atoms with Crippen LogP contribution in [0.4, 0.5) is 0 Å². The molecule has 0 N–H and O–H groups in total. The van der Waals surface area contributed by atoms with Crippen molar-refractivity contribution in [3.05, 3.63) is 29.8 Å². The van der Waals surface area contributed by atoms with E-state index in [2.05, 4.69) is 0 Å². The van der Waals surface area contributed by atoms with E-state index in [0.717, 1.165) is 6.54 Å². The number of hydrogen-bond acceptors (Lipinski definition) is 4. The lowest BCUT2D eigenvalue weighted by Gasteiger charge is -2.34. The molecule has 0 spiro atoms. The van der Waals surface area contributed by atoms with Crippen LogP contribution in [-0.4, -0.2) is 62.4 Å². The maximum Gasteiger partial charge on any atom is 0.253 e. The maximum absolute atomic E-state index is 13.0. The van der Waals surface area contributed by atoms with Crippen LogP contribution in [0.2, 0.25) is 0 Å². The molecule has 3 rings (SSSR count). The fourth-order valence-electron chi connectivity index (χ4n) is 4.15. The molecule has 2 aliphatic rings. The van der Waals surface area contributed by atoms with E-state index in [-0.39, 0.29) is 23.0 Å². The molecule has 1 saturated heterocycles. The molecule has 1 aliphatic heterocycles. The van der Waals surface area contributed by atoms with E-state index in [4.69, 9.17) is 4.74 Å². The lowest BCUT2D eigenvalue weighted by atomic mass is 10.1. The number of rotatable bonds is 5. The summed E-state index contributed by atoms with van der Waals surface area (Å²) >= 11 is 0. The van der Waals surface area contributed by atoms with Crippen molar-refractivity contribution in [2.24, 2.45) is 5.92 Å². The number of amides is 1. The maximum atomic E-state index is 13.0. The number of benzene rings is 1. The Hall–Kier alpha value is -1.44. The van der Waals surface area contributed by atoms with Gasteiger partial charge in [-0.15, -0.1) is 0 Å². The van der Waals surface area contributed by atoms with E-state index in [1.165, 1.54) is 36.1 Å². The Morgan fingerprint density at radius 2 is 1.81 bits per heavy atom. The molecule has 0 aromatic heterocycles. The fraction of sp³-hybridized carbons (Fsp3) is 0.650. The molecular formula is C20H30N2O4S. The summed E-state index contributed by atoms with van der Waals surface area (Å²) in [4.78, 5) is 14.7. The third-order valence-corrected chi connectivity index (χ3v) is 7.29. The van der Waals surface area contributed by atoms with E-state index < -0.39 is 10.0 Å². The lowest BCUT2D eigenvalue weighted by molar-refractivity contribution is -0.0440. The Morgan fingerprint density at radius 1 is 1.19 bits per heavy atom. The number of carbonyl (C=O) groups excluding carboxylic acids is 1. The topological polar surface area (TPSA) is 66.9 Å². The lowest BCUT2D eigenvalue weighted by Crippen LogP contribution is -2.48. The van der Waals surface area contributed by atoms with E-state index in [1.54, 1.807) is 30.1 Å². The zero-order valence-electron chi connectivity index (χ0n) is 16.4. The van der Waals surface area contributed by atoms with Gasteiger partial charge in [0.25, 0.3) is 5.91 Å².